The first kappa shape index (κ1) is 21.4. The normalized spacial score (nSPS) is 10.3. The molecule has 0 saturated heterocycles. The highest BCUT2D eigenvalue weighted by atomic mass is 127. The number of hydrogen-bond donors (Lipinski definition) is 0. The van der Waals surface area contributed by atoms with Crippen molar-refractivity contribution in [3.63, 3.8) is 0 Å². The molecular formula is C17H31IN2O2. The van der Waals surface area contributed by atoms with Gasteiger partial charge in [-0.2, -0.15) is 0 Å². The highest BCUT2D eigenvalue weighted by Crippen LogP contribution is 2.06. The Bertz CT molecular complexity index is 419. The fraction of sp³-hybridized carbons (Fsp3) is 0.765. The van der Waals surface area contributed by atoms with Gasteiger partial charge >= 0.3 is 5.97 Å². The molecule has 0 amide bonds. The Labute approximate surface area is 152 Å². The lowest BCUT2D eigenvalue weighted by Crippen LogP contribution is -3.00. The summed E-state index contributed by atoms with van der Waals surface area (Å²) in [5.41, 5.74) is 1.24. The zero-order chi connectivity index (χ0) is 15.5. The van der Waals surface area contributed by atoms with Crippen LogP contribution in [0.15, 0.2) is 12.5 Å². The third-order valence-electron chi connectivity index (χ3n) is 3.81. The molecule has 1 aromatic rings. The van der Waals surface area contributed by atoms with Gasteiger partial charge < -0.3 is 28.7 Å². The van der Waals surface area contributed by atoms with Crippen molar-refractivity contribution in [3.8, 4) is 0 Å². The number of unbranched alkanes of at least 4 members (excludes halogenated alkanes) is 4. The minimum absolute atomic E-state index is 0. The number of aryl methyl sites for hydroxylation is 3. The Morgan fingerprint density at radius 2 is 1.91 bits per heavy atom. The molecule has 1 rings (SSSR count). The van der Waals surface area contributed by atoms with Gasteiger partial charge in [0.25, 0.3) is 0 Å². The minimum atomic E-state index is -0.132. The van der Waals surface area contributed by atoms with Gasteiger partial charge in [-0.15, -0.1) is 0 Å². The lowest BCUT2D eigenvalue weighted by molar-refractivity contribution is -0.697. The summed E-state index contributed by atoms with van der Waals surface area (Å²) < 4.78 is 9.31. The first-order chi connectivity index (χ1) is 10.2. The van der Waals surface area contributed by atoms with Gasteiger partial charge in [-0.1, -0.05) is 33.1 Å². The van der Waals surface area contributed by atoms with Gasteiger partial charge in [0.05, 0.1) is 26.6 Å². The smallest absolute Gasteiger partial charge is 0.305 e. The SMILES string of the molecule is CCCCCC[n+]1cc(CCC(=O)OC)n(CCCC)c1.[I-]. The monoisotopic (exact) mass is 422 g/mol. The van der Waals surface area contributed by atoms with Crippen molar-refractivity contribution in [3.05, 3.63) is 18.2 Å². The van der Waals surface area contributed by atoms with Crippen LogP contribution in [0.25, 0.3) is 0 Å². The number of ether oxygens (including phenoxy) is 1. The predicted octanol–water partition coefficient (Wildman–Crippen LogP) is 0.266. The van der Waals surface area contributed by atoms with Gasteiger partial charge in [0, 0.05) is 6.42 Å². The maximum Gasteiger partial charge on any atom is 0.305 e. The summed E-state index contributed by atoms with van der Waals surface area (Å²) in [4.78, 5) is 11.3. The number of esters is 1. The number of imidazole rings is 1. The summed E-state index contributed by atoms with van der Waals surface area (Å²) in [5.74, 6) is -0.132. The number of rotatable bonds is 11. The fourth-order valence-electron chi connectivity index (χ4n) is 2.47. The standard InChI is InChI=1S/C17H31N2O2.HI/c1-4-6-8-9-12-18-14-16(10-11-17(20)21-3)19(15-18)13-7-5-2;/h14-15H,4-13H2,1-3H3;1H/q+1;/p-1. The predicted molar refractivity (Wildman–Crippen MR) is 84.0 cm³/mol. The zero-order valence-electron chi connectivity index (χ0n) is 14.3. The van der Waals surface area contributed by atoms with E-state index in [1.807, 2.05) is 0 Å². The Kier molecular flexibility index (Phi) is 12.6. The molecular weight excluding hydrogens is 391 g/mol. The molecule has 5 heteroatoms. The van der Waals surface area contributed by atoms with Crippen LogP contribution in [0.5, 0.6) is 0 Å². The lowest BCUT2D eigenvalue weighted by atomic mass is 10.2. The number of hydrogen-bond acceptors (Lipinski definition) is 2. The molecule has 0 aliphatic heterocycles. The van der Waals surface area contributed by atoms with Crippen LogP contribution in [-0.2, 0) is 29.0 Å². The van der Waals surface area contributed by atoms with E-state index in [2.05, 4.69) is 35.5 Å². The molecule has 4 nitrogen and oxygen atoms in total. The van der Waals surface area contributed by atoms with Gasteiger partial charge in [0.2, 0.25) is 6.33 Å². The molecule has 0 N–H and O–H groups in total. The summed E-state index contributed by atoms with van der Waals surface area (Å²) in [6.45, 7) is 6.55. The Hall–Kier alpha value is -0.590. The van der Waals surface area contributed by atoms with Crippen LogP contribution >= 0.6 is 0 Å². The molecule has 1 aromatic heterocycles. The van der Waals surface area contributed by atoms with E-state index in [4.69, 9.17) is 4.74 Å². The fourth-order valence-corrected chi connectivity index (χ4v) is 2.47. The number of halogens is 1. The van der Waals surface area contributed by atoms with Crippen LogP contribution < -0.4 is 28.5 Å². The molecule has 0 aromatic carbocycles. The van der Waals surface area contributed by atoms with E-state index in [1.165, 1.54) is 51.3 Å². The van der Waals surface area contributed by atoms with Gasteiger partial charge in [0.1, 0.15) is 11.9 Å². The summed E-state index contributed by atoms with van der Waals surface area (Å²) in [7, 11) is 1.45. The number of methoxy groups -OCH3 is 1. The van der Waals surface area contributed by atoms with Gasteiger partial charge in [-0.25, -0.2) is 9.13 Å². The second-order valence-electron chi connectivity index (χ2n) is 5.66. The van der Waals surface area contributed by atoms with Crippen molar-refractivity contribution in [2.45, 2.75) is 78.3 Å². The van der Waals surface area contributed by atoms with Crippen molar-refractivity contribution in [2.24, 2.45) is 0 Å². The van der Waals surface area contributed by atoms with Gasteiger partial charge in [0.15, 0.2) is 0 Å². The third-order valence-corrected chi connectivity index (χ3v) is 3.81. The van der Waals surface area contributed by atoms with E-state index in [9.17, 15) is 4.79 Å². The van der Waals surface area contributed by atoms with E-state index in [1.54, 1.807) is 0 Å². The molecule has 0 fully saturated rings. The average Bonchev–Trinajstić information content (AvgIpc) is 2.89. The van der Waals surface area contributed by atoms with Crippen molar-refractivity contribution in [1.29, 1.82) is 0 Å². The van der Waals surface area contributed by atoms with Crippen LogP contribution in [0.4, 0.5) is 0 Å². The first-order valence-electron chi connectivity index (χ1n) is 8.36. The Balaban J connectivity index is 0.00000441. The Morgan fingerprint density at radius 1 is 1.18 bits per heavy atom. The maximum atomic E-state index is 11.3. The number of aromatic nitrogens is 2. The first-order valence-corrected chi connectivity index (χ1v) is 8.36. The highest BCUT2D eigenvalue weighted by Gasteiger charge is 2.14. The van der Waals surface area contributed by atoms with Crippen molar-refractivity contribution in [2.75, 3.05) is 7.11 Å². The van der Waals surface area contributed by atoms with E-state index in [0.29, 0.717) is 6.42 Å². The minimum Gasteiger partial charge on any atom is -1.00 e. The molecule has 0 spiro atoms. The zero-order valence-corrected chi connectivity index (χ0v) is 16.5. The van der Waals surface area contributed by atoms with E-state index < -0.39 is 0 Å². The van der Waals surface area contributed by atoms with Crippen LogP contribution in [0, 0.1) is 0 Å². The molecule has 0 radical (unpaired) electrons. The van der Waals surface area contributed by atoms with Crippen LogP contribution in [0.1, 0.15) is 64.5 Å². The van der Waals surface area contributed by atoms with Gasteiger partial charge in [-0.3, -0.25) is 4.79 Å². The van der Waals surface area contributed by atoms with Crippen LogP contribution in [0.2, 0.25) is 0 Å². The summed E-state index contributed by atoms with van der Waals surface area (Å²) in [6, 6.07) is 0. The van der Waals surface area contributed by atoms with Crippen molar-refractivity contribution >= 4 is 5.97 Å². The van der Waals surface area contributed by atoms with E-state index >= 15 is 0 Å². The summed E-state index contributed by atoms with van der Waals surface area (Å²) in [6.07, 6.45) is 13.1. The molecule has 128 valence electrons. The quantitative estimate of drug-likeness (QED) is 0.222. The highest BCUT2D eigenvalue weighted by molar-refractivity contribution is 5.69. The topological polar surface area (TPSA) is 35.1 Å². The molecule has 22 heavy (non-hydrogen) atoms. The molecule has 0 aliphatic rings. The van der Waals surface area contributed by atoms with Crippen molar-refractivity contribution in [1.82, 2.24) is 4.57 Å². The Morgan fingerprint density at radius 3 is 2.55 bits per heavy atom. The third kappa shape index (κ3) is 8.15. The average molecular weight is 422 g/mol. The molecule has 0 aliphatic carbocycles. The summed E-state index contributed by atoms with van der Waals surface area (Å²) >= 11 is 0. The van der Waals surface area contributed by atoms with Gasteiger partial charge in [-0.05, 0) is 19.3 Å². The number of carbonyl (C=O) groups excluding carboxylic acids is 1. The largest absolute Gasteiger partial charge is 1.00 e. The second kappa shape index (κ2) is 12.9. The van der Waals surface area contributed by atoms with Crippen LogP contribution in [-0.4, -0.2) is 17.6 Å². The molecule has 1 heterocycles. The van der Waals surface area contributed by atoms with Crippen molar-refractivity contribution < 1.29 is 38.1 Å². The van der Waals surface area contributed by atoms with E-state index in [0.717, 1.165) is 19.5 Å². The van der Waals surface area contributed by atoms with Crippen LogP contribution in [0.3, 0.4) is 0 Å². The molecule has 0 atom stereocenters. The van der Waals surface area contributed by atoms with E-state index in [-0.39, 0.29) is 29.9 Å². The molecule has 0 bridgehead atoms. The molecule has 0 saturated carbocycles. The maximum absolute atomic E-state index is 11.3. The number of nitrogens with zero attached hydrogens (tertiary/aromatic N) is 2. The number of carbonyl (C=O) groups is 1. The lowest BCUT2D eigenvalue weighted by Gasteiger charge is -2.00. The second-order valence-corrected chi connectivity index (χ2v) is 5.66. The summed E-state index contributed by atoms with van der Waals surface area (Å²) in [5, 5.41) is 0. The molecule has 0 unspecified atom stereocenters.